The minimum absolute atomic E-state index is 0. The number of hydrogen-bond acceptors (Lipinski definition) is 3. The Morgan fingerprint density at radius 3 is 2.40 bits per heavy atom. The molecule has 3 aliphatic rings. The van der Waals surface area contributed by atoms with Crippen molar-refractivity contribution in [3.63, 3.8) is 0 Å². The molecule has 3 atom stereocenters. The number of carbonyl (C=O) groups is 1. The van der Waals surface area contributed by atoms with E-state index in [1.807, 2.05) is 4.90 Å². The van der Waals surface area contributed by atoms with Gasteiger partial charge in [-0.25, -0.2) is 0 Å². The predicted molar refractivity (Wildman–Crippen MR) is 80.8 cm³/mol. The summed E-state index contributed by atoms with van der Waals surface area (Å²) in [5.41, 5.74) is 6.30. The molecular formula is C15H27ClN2O2. The average Bonchev–Trinajstić information content (AvgIpc) is 2.86. The molecule has 0 radical (unpaired) electrons. The number of halogens is 1. The van der Waals surface area contributed by atoms with Crippen LogP contribution in [0.5, 0.6) is 0 Å². The predicted octanol–water partition coefficient (Wildman–Crippen LogP) is 1.81. The minimum Gasteiger partial charge on any atom is -0.380 e. The Morgan fingerprint density at radius 1 is 1.20 bits per heavy atom. The molecule has 2 saturated carbocycles. The summed E-state index contributed by atoms with van der Waals surface area (Å²) in [4.78, 5) is 14.6. The van der Waals surface area contributed by atoms with E-state index in [9.17, 15) is 4.79 Å². The number of fused-ring (bicyclic) bond motifs is 2. The number of nitrogens with zero attached hydrogens (tertiary/aromatic N) is 1. The molecule has 0 spiro atoms. The van der Waals surface area contributed by atoms with Gasteiger partial charge in [0.1, 0.15) is 0 Å². The molecule has 1 saturated heterocycles. The highest BCUT2D eigenvalue weighted by atomic mass is 35.5. The molecule has 116 valence electrons. The molecule has 1 heterocycles. The molecule has 0 aromatic heterocycles. The van der Waals surface area contributed by atoms with E-state index >= 15 is 0 Å². The van der Waals surface area contributed by atoms with E-state index in [1.54, 1.807) is 7.11 Å². The fraction of sp³-hybridized carbons (Fsp3) is 0.933. The number of ether oxygens (including phenoxy) is 1. The molecular weight excluding hydrogens is 276 g/mol. The van der Waals surface area contributed by atoms with Crippen LogP contribution in [0.3, 0.4) is 0 Å². The second kappa shape index (κ2) is 6.63. The van der Waals surface area contributed by atoms with Crippen LogP contribution < -0.4 is 5.73 Å². The minimum atomic E-state index is 0. The summed E-state index contributed by atoms with van der Waals surface area (Å²) in [6.07, 6.45) is 7.02. The lowest BCUT2D eigenvalue weighted by molar-refractivity contribution is -0.138. The molecule has 3 rings (SSSR count). The molecule has 2 bridgehead atoms. The number of likely N-dealkylation sites (tertiary alicyclic amines) is 1. The van der Waals surface area contributed by atoms with Crippen LogP contribution in [0.1, 0.15) is 38.5 Å². The summed E-state index contributed by atoms with van der Waals surface area (Å²) < 4.78 is 5.36. The van der Waals surface area contributed by atoms with Gasteiger partial charge in [-0.15, -0.1) is 12.4 Å². The average molecular weight is 303 g/mol. The second-order valence-corrected chi connectivity index (χ2v) is 6.63. The molecule has 2 aliphatic carbocycles. The van der Waals surface area contributed by atoms with Gasteiger partial charge in [-0.2, -0.15) is 0 Å². The first-order chi connectivity index (χ1) is 9.19. The second-order valence-electron chi connectivity index (χ2n) is 6.63. The Balaban J connectivity index is 0.00000147. The molecule has 3 fully saturated rings. The molecule has 2 N–H and O–H groups in total. The zero-order chi connectivity index (χ0) is 13.4. The van der Waals surface area contributed by atoms with E-state index in [2.05, 4.69) is 0 Å². The zero-order valence-electron chi connectivity index (χ0n) is 12.3. The summed E-state index contributed by atoms with van der Waals surface area (Å²) in [6, 6.07) is 0.350. The van der Waals surface area contributed by atoms with Crippen molar-refractivity contribution in [3.05, 3.63) is 0 Å². The lowest BCUT2D eigenvalue weighted by atomic mass is 9.65. The van der Waals surface area contributed by atoms with E-state index in [1.165, 1.54) is 19.3 Å². The van der Waals surface area contributed by atoms with Crippen molar-refractivity contribution >= 4 is 18.3 Å². The summed E-state index contributed by atoms with van der Waals surface area (Å²) in [7, 11) is 1.74. The maximum absolute atomic E-state index is 12.6. The van der Waals surface area contributed by atoms with Crippen molar-refractivity contribution in [1.29, 1.82) is 0 Å². The van der Waals surface area contributed by atoms with E-state index in [0.717, 1.165) is 32.4 Å². The number of nitrogens with two attached hydrogens (primary N) is 1. The van der Waals surface area contributed by atoms with Gasteiger partial charge in [0.25, 0.3) is 0 Å². The van der Waals surface area contributed by atoms with Gasteiger partial charge in [-0.1, -0.05) is 6.42 Å². The Kier molecular flexibility index (Phi) is 5.32. The van der Waals surface area contributed by atoms with Gasteiger partial charge in [-0.05, 0) is 43.9 Å². The largest absolute Gasteiger partial charge is 0.380 e. The van der Waals surface area contributed by atoms with Gasteiger partial charge in [0, 0.05) is 32.2 Å². The molecule has 20 heavy (non-hydrogen) atoms. The zero-order valence-corrected chi connectivity index (χ0v) is 13.1. The first-order valence-electron chi connectivity index (χ1n) is 7.76. The van der Waals surface area contributed by atoms with Crippen LogP contribution in [-0.2, 0) is 9.53 Å². The van der Waals surface area contributed by atoms with Crippen LogP contribution in [0, 0.1) is 17.8 Å². The Bertz CT molecular complexity index is 339. The fourth-order valence-corrected chi connectivity index (χ4v) is 4.37. The van der Waals surface area contributed by atoms with Gasteiger partial charge < -0.3 is 15.4 Å². The van der Waals surface area contributed by atoms with Crippen LogP contribution in [0.2, 0.25) is 0 Å². The maximum Gasteiger partial charge on any atom is 0.225 e. The van der Waals surface area contributed by atoms with Crippen LogP contribution in [-0.4, -0.2) is 43.2 Å². The number of rotatable bonds is 2. The fourth-order valence-electron chi connectivity index (χ4n) is 4.37. The van der Waals surface area contributed by atoms with Gasteiger partial charge in [0.15, 0.2) is 0 Å². The molecule has 4 nitrogen and oxygen atoms in total. The van der Waals surface area contributed by atoms with Gasteiger partial charge in [0.05, 0.1) is 6.10 Å². The number of hydrogen-bond donors (Lipinski definition) is 1. The summed E-state index contributed by atoms with van der Waals surface area (Å²) >= 11 is 0. The van der Waals surface area contributed by atoms with Gasteiger partial charge >= 0.3 is 0 Å². The number of amides is 1. The number of methoxy groups -OCH3 is 1. The van der Waals surface area contributed by atoms with Crippen LogP contribution >= 0.6 is 12.4 Å². The normalized spacial score (nSPS) is 40.3. The highest BCUT2D eigenvalue weighted by molar-refractivity contribution is 5.85. The molecule has 5 heteroatoms. The van der Waals surface area contributed by atoms with Crippen molar-refractivity contribution in [3.8, 4) is 0 Å². The SMILES string of the molecule is CO[C@H]1CCN(C(=O)C2CC3CCCC(C2)C3N)C1.Cl. The van der Waals surface area contributed by atoms with Crippen molar-refractivity contribution in [1.82, 2.24) is 4.90 Å². The van der Waals surface area contributed by atoms with Crippen molar-refractivity contribution < 1.29 is 9.53 Å². The Hall–Kier alpha value is -0.320. The third-order valence-electron chi connectivity index (χ3n) is 5.55. The molecule has 0 aromatic carbocycles. The summed E-state index contributed by atoms with van der Waals surface area (Å²) in [5.74, 6) is 1.76. The third-order valence-corrected chi connectivity index (χ3v) is 5.55. The van der Waals surface area contributed by atoms with E-state index in [-0.39, 0.29) is 24.4 Å². The van der Waals surface area contributed by atoms with E-state index in [0.29, 0.717) is 23.8 Å². The Morgan fingerprint density at radius 2 is 1.85 bits per heavy atom. The molecule has 0 aromatic rings. The van der Waals surface area contributed by atoms with Gasteiger partial charge in [-0.3, -0.25) is 4.79 Å². The van der Waals surface area contributed by atoms with Crippen molar-refractivity contribution in [2.75, 3.05) is 20.2 Å². The smallest absolute Gasteiger partial charge is 0.225 e. The third kappa shape index (κ3) is 2.97. The highest BCUT2D eigenvalue weighted by Gasteiger charge is 2.42. The van der Waals surface area contributed by atoms with E-state index in [4.69, 9.17) is 10.5 Å². The lowest BCUT2D eigenvalue weighted by Crippen LogP contribution is -2.49. The molecule has 1 amide bonds. The van der Waals surface area contributed by atoms with Gasteiger partial charge in [0.2, 0.25) is 5.91 Å². The standard InChI is InChI=1S/C15H26N2O2.ClH/c1-19-13-5-6-17(9-13)15(18)12-7-10-3-2-4-11(8-12)14(10)16;/h10-14H,2-9,16H2,1H3;1H/t10?,11?,12?,13-,14?;/m0./s1. The first kappa shape index (κ1) is 16.1. The topological polar surface area (TPSA) is 55.6 Å². The lowest BCUT2D eigenvalue weighted by Gasteiger charge is -2.44. The summed E-state index contributed by atoms with van der Waals surface area (Å²) in [6.45, 7) is 1.66. The quantitative estimate of drug-likeness (QED) is 0.846. The highest BCUT2D eigenvalue weighted by Crippen LogP contribution is 2.42. The molecule has 2 unspecified atom stereocenters. The summed E-state index contributed by atoms with van der Waals surface area (Å²) in [5, 5.41) is 0. The Labute approximate surface area is 127 Å². The van der Waals surface area contributed by atoms with Crippen molar-refractivity contribution in [2.24, 2.45) is 23.5 Å². The first-order valence-corrected chi connectivity index (χ1v) is 7.76. The van der Waals surface area contributed by atoms with Crippen LogP contribution in [0.15, 0.2) is 0 Å². The van der Waals surface area contributed by atoms with Crippen LogP contribution in [0.4, 0.5) is 0 Å². The molecule has 1 aliphatic heterocycles. The number of carbonyl (C=O) groups excluding carboxylic acids is 1. The monoisotopic (exact) mass is 302 g/mol. The van der Waals surface area contributed by atoms with Crippen LogP contribution in [0.25, 0.3) is 0 Å². The van der Waals surface area contributed by atoms with Crippen molar-refractivity contribution in [2.45, 2.75) is 50.7 Å². The van der Waals surface area contributed by atoms with E-state index < -0.39 is 0 Å². The maximum atomic E-state index is 12.6.